The van der Waals surface area contributed by atoms with Crippen LogP contribution in [0.1, 0.15) is 30.9 Å². The van der Waals surface area contributed by atoms with Crippen LogP contribution in [0.5, 0.6) is 5.88 Å². The highest BCUT2D eigenvalue weighted by Crippen LogP contribution is 2.59. The Morgan fingerprint density at radius 1 is 1.04 bits per heavy atom. The summed E-state index contributed by atoms with van der Waals surface area (Å²) in [5, 5.41) is 4.62. The van der Waals surface area contributed by atoms with Gasteiger partial charge in [-0.1, -0.05) is 41.1 Å². The van der Waals surface area contributed by atoms with E-state index in [-0.39, 0.29) is 11.1 Å². The molecule has 4 heteroatoms. The van der Waals surface area contributed by atoms with Crippen molar-refractivity contribution in [3.05, 3.63) is 70.0 Å². The van der Waals surface area contributed by atoms with Gasteiger partial charge in [0.25, 0.3) is 0 Å². The van der Waals surface area contributed by atoms with E-state index in [4.69, 9.17) is 4.74 Å². The van der Waals surface area contributed by atoms with Crippen LogP contribution in [-0.2, 0) is 11.1 Å². The second-order valence-electron chi connectivity index (χ2n) is 7.11. The number of nitrogens with zero attached hydrogens (tertiary/aromatic N) is 1. The first-order chi connectivity index (χ1) is 11.6. The predicted octanol–water partition coefficient (Wildman–Crippen LogP) is 2.92. The minimum atomic E-state index is -0.474. The molecule has 3 aromatic rings. The number of hydrogen-bond donors (Lipinski definition) is 1. The van der Waals surface area contributed by atoms with Crippen molar-refractivity contribution in [2.45, 2.75) is 37.8 Å². The highest BCUT2D eigenvalue weighted by molar-refractivity contribution is 5.85. The summed E-state index contributed by atoms with van der Waals surface area (Å²) in [6.07, 6.45) is 2.01. The van der Waals surface area contributed by atoms with E-state index in [1.807, 2.05) is 35.0 Å². The minimum absolute atomic E-state index is 0.0572. The fourth-order valence-corrected chi connectivity index (χ4v) is 4.34. The van der Waals surface area contributed by atoms with Crippen LogP contribution in [0.4, 0.5) is 0 Å². The molecular weight excluding hydrogens is 300 g/mol. The van der Waals surface area contributed by atoms with E-state index in [1.165, 1.54) is 11.1 Å². The van der Waals surface area contributed by atoms with Crippen molar-refractivity contribution in [3.8, 4) is 5.88 Å². The molecule has 1 fully saturated rings. The molecule has 1 N–H and O–H groups in total. The third kappa shape index (κ3) is 1.49. The van der Waals surface area contributed by atoms with Gasteiger partial charge in [-0.05, 0) is 31.5 Å². The first-order valence-electron chi connectivity index (χ1n) is 8.40. The van der Waals surface area contributed by atoms with Crippen molar-refractivity contribution in [2.75, 3.05) is 0 Å². The van der Waals surface area contributed by atoms with Crippen LogP contribution in [0.2, 0.25) is 0 Å². The molecule has 1 atom stereocenters. The van der Waals surface area contributed by atoms with Gasteiger partial charge in [-0.3, -0.25) is 4.79 Å². The number of aromatic amines is 1. The van der Waals surface area contributed by atoms with Crippen LogP contribution in [-0.4, -0.2) is 5.10 Å². The fraction of sp³-hybridized carbons (Fsp3) is 0.300. The lowest BCUT2D eigenvalue weighted by molar-refractivity contribution is -0.782. The topological polar surface area (TPSA) is 46.0 Å². The molecule has 1 aromatic heterocycles. The van der Waals surface area contributed by atoms with Crippen molar-refractivity contribution in [3.63, 3.8) is 0 Å². The minimum Gasteiger partial charge on any atom is -0.423 e. The average molecular weight is 319 g/mol. The number of aromatic nitrogens is 2. The van der Waals surface area contributed by atoms with Crippen molar-refractivity contribution in [1.82, 2.24) is 5.10 Å². The maximum absolute atomic E-state index is 12.5. The highest BCUT2D eigenvalue weighted by Gasteiger charge is 2.75. The molecule has 4 nitrogen and oxygen atoms in total. The lowest BCUT2D eigenvalue weighted by atomic mass is 9.84. The fourth-order valence-electron chi connectivity index (χ4n) is 4.34. The third-order valence-electron chi connectivity index (χ3n) is 5.82. The van der Waals surface area contributed by atoms with E-state index in [0.29, 0.717) is 5.39 Å². The number of hydrogen-bond acceptors (Lipinski definition) is 2. The van der Waals surface area contributed by atoms with Gasteiger partial charge in [-0.2, -0.15) is 0 Å². The molecule has 2 aromatic carbocycles. The summed E-state index contributed by atoms with van der Waals surface area (Å²) in [7, 11) is 0. The van der Waals surface area contributed by atoms with Crippen molar-refractivity contribution < 1.29 is 9.42 Å². The van der Waals surface area contributed by atoms with Crippen LogP contribution >= 0.6 is 0 Å². The molecule has 1 aliphatic heterocycles. The molecule has 5 rings (SSSR count). The first-order valence-corrected chi connectivity index (χ1v) is 8.40. The zero-order valence-electron chi connectivity index (χ0n) is 13.8. The number of nitrogens with one attached hydrogen (secondary N) is 1. The van der Waals surface area contributed by atoms with Gasteiger partial charge in [0.05, 0.1) is 5.39 Å². The SMILES string of the molecule is Cc1ccccc1C1(C)Oc2c3ccccc3c(=O)[nH][n+]2C12CC2. The number of aryl methyl sites for hydroxylation is 1. The Kier molecular flexibility index (Phi) is 2.45. The van der Waals surface area contributed by atoms with E-state index in [0.717, 1.165) is 24.1 Å². The molecule has 0 bridgehead atoms. The summed E-state index contributed by atoms with van der Waals surface area (Å²) in [6, 6.07) is 16.0. The molecule has 2 heterocycles. The number of fused-ring (bicyclic) bond motifs is 4. The van der Waals surface area contributed by atoms with Crippen LogP contribution < -0.4 is 15.0 Å². The third-order valence-corrected chi connectivity index (χ3v) is 5.82. The molecule has 0 radical (unpaired) electrons. The van der Waals surface area contributed by atoms with E-state index in [2.05, 4.69) is 37.1 Å². The molecule has 24 heavy (non-hydrogen) atoms. The van der Waals surface area contributed by atoms with E-state index >= 15 is 0 Å². The quantitative estimate of drug-likeness (QED) is 0.701. The predicted molar refractivity (Wildman–Crippen MR) is 91.1 cm³/mol. The summed E-state index contributed by atoms with van der Waals surface area (Å²) >= 11 is 0. The summed E-state index contributed by atoms with van der Waals surface area (Å²) in [5.74, 6) is 0.772. The number of rotatable bonds is 1. The smallest absolute Gasteiger partial charge is 0.401 e. The Morgan fingerprint density at radius 2 is 1.71 bits per heavy atom. The molecular formula is C20H19N2O2+. The van der Waals surface area contributed by atoms with Gasteiger partial charge in [0.2, 0.25) is 11.1 Å². The lowest BCUT2D eigenvalue weighted by Crippen LogP contribution is -2.56. The Morgan fingerprint density at radius 3 is 2.42 bits per heavy atom. The lowest BCUT2D eigenvalue weighted by Gasteiger charge is -2.26. The normalized spacial score (nSPS) is 23.2. The van der Waals surface area contributed by atoms with E-state index in [1.54, 1.807) is 0 Å². The summed E-state index contributed by atoms with van der Waals surface area (Å²) in [4.78, 5) is 12.5. The molecule has 120 valence electrons. The van der Waals surface area contributed by atoms with Crippen LogP contribution in [0.3, 0.4) is 0 Å². The van der Waals surface area contributed by atoms with Crippen molar-refractivity contribution >= 4 is 10.8 Å². The largest absolute Gasteiger partial charge is 0.423 e. The summed E-state index contributed by atoms with van der Waals surface area (Å²) in [6.45, 7) is 4.27. The monoisotopic (exact) mass is 319 g/mol. The molecule has 1 saturated carbocycles. The molecule has 0 saturated heterocycles. The van der Waals surface area contributed by atoms with E-state index in [9.17, 15) is 4.79 Å². The Labute approximate surface area is 139 Å². The highest BCUT2D eigenvalue weighted by atomic mass is 16.5. The second kappa shape index (κ2) is 4.26. The maximum atomic E-state index is 12.5. The van der Waals surface area contributed by atoms with Gasteiger partial charge < -0.3 is 4.74 Å². The van der Waals surface area contributed by atoms with Gasteiger partial charge >= 0.3 is 11.4 Å². The standard InChI is InChI=1S/C20H18N2O2/c1-13-7-3-6-10-16(13)19(2)20(11-12-20)22-18(24-19)15-9-5-4-8-14(15)17(23)21-22/h3-10H,11-12H2,1-2H3/p+1. The molecule has 1 spiro atoms. The first kappa shape index (κ1) is 13.8. The molecule has 2 aliphatic rings. The zero-order chi connectivity index (χ0) is 16.5. The van der Waals surface area contributed by atoms with Crippen LogP contribution in [0.15, 0.2) is 53.3 Å². The van der Waals surface area contributed by atoms with Gasteiger partial charge in [-0.15, -0.1) is 5.10 Å². The maximum Gasteiger partial charge on any atom is 0.401 e. The number of H-pyrrole nitrogens is 1. The Hall–Kier alpha value is -2.62. The van der Waals surface area contributed by atoms with Crippen molar-refractivity contribution in [2.24, 2.45) is 0 Å². The van der Waals surface area contributed by atoms with Crippen LogP contribution in [0.25, 0.3) is 10.8 Å². The van der Waals surface area contributed by atoms with Gasteiger partial charge in [-0.25, -0.2) is 0 Å². The number of benzene rings is 2. The average Bonchev–Trinajstić information content (AvgIpc) is 3.35. The molecule has 1 aliphatic carbocycles. The Balaban J connectivity index is 1.83. The van der Waals surface area contributed by atoms with Gasteiger partial charge in [0, 0.05) is 18.4 Å². The summed E-state index contributed by atoms with van der Waals surface area (Å²) in [5.41, 5.74) is 1.68. The molecule has 1 unspecified atom stereocenters. The van der Waals surface area contributed by atoms with Crippen LogP contribution in [0, 0.1) is 6.92 Å². The second-order valence-corrected chi connectivity index (χ2v) is 7.11. The number of ether oxygens (including phenoxy) is 1. The van der Waals surface area contributed by atoms with Gasteiger partial charge in [0.1, 0.15) is 5.39 Å². The van der Waals surface area contributed by atoms with E-state index < -0.39 is 5.60 Å². The van der Waals surface area contributed by atoms with Crippen molar-refractivity contribution in [1.29, 1.82) is 0 Å². The Bertz CT molecular complexity index is 1050. The summed E-state index contributed by atoms with van der Waals surface area (Å²) < 4.78 is 8.59. The zero-order valence-corrected chi connectivity index (χ0v) is 13.8. The molecule has 0 amide bonds. The van der Waals surface area contributed by atoms with Gasteiger partial charge in [0.15, 0.2) is 0 Å².